The summed E-state index contributed by atoms with van der Waals surface area (Å²) >= 11 is 0. The summed E-state index contributed by atoms with van der Waals surface area (Å²) in [5, 5.41) is 8.88. The number of aromatic nitrogens is 2. The Balaban J connectivity index is 2.28. The predicted molar refractivity (Wildman–Crippen MR) is 56.4 cm³/mol. The Labute approximate surface area is 87.8 Å². The maximum absolute atomic E-state index is 8.88. The standard InChI is InChI=1S/C11H12N2O2/c1-15-10-4-2-9(3-5-10)11-6-13(8-14)7-12-11/h2-7,14H,8H2,1H3. The molecular formula is C11H12N2O2. The molecule has 2 aromatic rings. The average Bonchev–Trinajstić information content (AvgIpc) is 2.78. The van der Waals surface area contributed by atoms with Gasteiger partial charge in [0.1, 0.15) is 12.5 Å². The van der Waals surface area contributed by atoms with E-state index in [1.807, 2.05) is 24.3 Å². The third kappa shape index (κ3) is 1.99. The minimum absolute atomic E-state index is 0.0524. The van der Waals surface area contributed by atoms with Crippen LogP contribution in [0.15, 0.2) is 36.8 Å². The van der Waals surface area contributed by atoms with Crippen LogP contribution in [0.1, 0.15) is 0 Å². The molecule has 0 aliphatic heterocycles. The third-order valence-electron chi connectivity index (χ3n) is 2.18. The van der Waals surface area contributed by atoms with Crippen LogP contribution in [-0.4, -0.2) is 21.8 Å². The van der Waals surface area contributed by atoms with Crippen molar-refractivity contribution in [3.05, 3.63) is 36.8 Å². The molecule has 0 aliphatic rings. The van der Waals surface area contributed by atoms with E-state index in [2.05, 4.69) is 4.98 Å². The van der Waals surface area contributed by atoms with E-state index < -0.39 is 0 Å². The highest BCUT2D eigenvalue weighted by Crippen LogP contribution is 2.20. The van der Waals surface area contributed by atoms with Crippen LogP contribution in [0, 0.1) is 0 Å². The number of rotatable bonds is 3. The van der Waals surface area contributed by atoms with Gasteiger partial charge in [0.05, 0.1) is 19.1 Å². The van der Waals surface area contributed by atoms with Gasteiger partial charge in [-0.3, -0.25) is 0 Å². The zero-order chi connectivity index (χ0) is 10.7. The topological polar surface area (TPSA) is 47.3 Å². The second-order valence-corrected chi connectivity index (χ2v) is 3.14. The highest BCUT2D eigenvalue weighted by atomic mass is 16.5. The van der Waals surface area contributed by atoms with Gasteiger partial charge in [-0.05, 0) is 24.3 Å². The number of ether oxygens (including phenoxy) is 1. The molecule has 4 nitrogen and oxygen atoms in total. The third-order valence-corrected chi connectivity index (χ3v) is 2.18. The Morgan fingerprint density at radius 1 is 1.33 bits per heavy atom. The van der Waals surface area contributed by atoms with Gasteiger partial charge in [-0.2, -0.15) is 0 Å². The molecule has 0 aliphatic carbocycles. The lowest BCUT2D eigenvalue weighted by molar-refractivity contribution is 0.210. The molecule has 4 heteroatoms. The molecule has 0 unspecified atom stereocenters. The molecule has 0 radical (unpaired) electrons. The lowest BCUT2D eigenvalue weighted by Gasteiger charge is -2.00. The van der Waals surface area contributed by atoms with Gasteiger partial charge < -0.3 is 14.4 Å². The van der Waals surface area contributed by atoms with Gasteiger partial charge in [-0.25, -0.2) is 4.98 Å². The van der Waals surface area contributed by atoms with Crippen LogP contribution in [0.4, 0.5) is 0 Å². The van der Waals surface area contributed by atoms with E-state index in [9.17, 15) is 0 Å². The molecule has 0 bridgehead atoms. The van der Waals surface area contributed by atoms with Crippen LogP contribution in [0.25, 0.3) is 11.3 Å². The minimum Gasteiger partial charge on any atom is -0.497 e. The zero-order valence-corrected chi connectivity index (χ0v) is 8.42. The fourth-order valence-corrected chi connectivity index (χ4v) is 1.35. The first kappa shape index (κ1) is 9.73. The molecule has 0 spiro atoms. The number of hydrogen-bond donors (Lipinski definition) is 1. The van der Waals surface area contributed by atoms with Crippen molar-refractivity contribution in [3.63, 3.8) is 0 Å². The zero-order valence-electron chi connectivity index (χ0n) is 8.42. The summed E-state index contributed by atoms with van der Waals surface area (Å²) < 4.78 is 6.68. The van der Waals surface area contributed by atoms with Gasteiger partial charge in [-0.15, -0.1) is 0 Å². The summed E-state index contributed by atoms with van der Waals surface area (Å²) in [4.78, 5) is 4.17. The summed E-state index contributed by atoms with van der Waals surface area (Å²) in [5.74, 6) is 0.820. The second-order valence-electron chi connectivity index (χ2n) is 3.14. The first-order valence-electron chi connectivity index (χ1n) is 4.60. The molecule has 1 N–H and O–H groups in total. The molecule has 1 aromatic carbocycles. The molecule has 15 heavy (non-hydrogen) atoms. The Kier molecular flexibility index (Phi) is 2.69. The number of imidazole rings is 1. The fraction of sp³-hybridized carbons (Fsp3) is 0.182. The van der Waals surface area contributed by atoms with Crippen LogP contribution in [0.3, 0.4) is 0 Å². The molecule has 0 saturated carbocycles. The maximum Gasteiger partial charge on any atom is 0.120 e. The van der Waals surface area contributed by atoms with Crippen molar-refractivity contribution >= 4 is 0 Å². The van der Waals surface area contributed by atoms with Crippen molar-refractivity contribution in [2.45, 2.75) is 6.73 Å². The smallest absolute Gasteiger partial charge is 0.120 e. The van der Waals surface area contributed by atoms with Gasteiger partial charge in [0, 0.05) is 11.8 Å². The quantitative estimate of drug-likeness (QED) is 0.824. The summed E-state index contributed by atoms with van der Waals surface area (Å²) in [6.07, 6.45) is 3.39. The van der Waals surface area contributed by atoms with Crippen molar-refractivity contribution in [1.82, 2.24) is 9.55 Å². The van der Waals surface area contributed by atoms with Gasteiger partial charge in [0.15, 0.2) is 0 Å². The van der Waals surface area contributed by atoms with Gasteiger partial charge >= 0.3 is 0 Å². The molecule has 78 valence electrons. The van der Waals surface area contributed by atoms with E-state index >= 15 is 0 Å². The van der Waals surface area contributed by atoms with Crippen LogP contribution in [0.5, 0.6) is 5.75 Å². The van der Waals surface area contributed by atoms with E-state index in [4.69, 9.17) is 9.84 Å². The Morgan fingerprint density at radius 2 is 2.07 bits per heavy atom. The van der Waals surface area contributed by atoms with Crippen molar-refractivity contribution in [2.75, 3.05) is 7.11 Å². The lowest BCUT2D eigenvalue weighted by Crippen LogP contribution is -1.90. The van der Waals surface area contributed by atoms with E-state index in [1.54, 1.807) is 24.2 Å². The Hall–Kier alpha value is -1.81. The summed E-state index contributed by atoms with van der Waals surface area (Å²) in [6, 6.07) is 7.63. The molecule has 1 aromatic heterocycles. The van der Waals surface area contributed by atoms with Crippen molar-refractivity contribution in [1.29, 1.82) is 0 Å². The molecule has 0 fully saturated rings. The number of nitrogens with zero attached hydrogens (tertiary/aromatic N) is 2. The Bertz CT molecular complexity index is 434. The van der Waals surface area contributed by atoms with Gasteiger partial charge in [-0.1, -0.05) is 0 Å². The second kappa shape index (κ2) is 4.14. The summed E-state index contributed by atoms with van der Waals surface area (Å²) in [7, 11) is 1.63. The van der Waals surface area contributed by atoms with Crippen LogP contribution < -0.4 is 4.74 Å². The predicted octanol–water partition coefficient (Wildman–Crippen LogP) is 1.51. The minimum atomic E-state index is -0.0524. The molecule has 0 saturated heterocycles. The fourth-order valence-electron chi connectivity index (χ4n) is 1.35. The van der Waals surface area contributed by atoms with Gasteiger partial charge in [0.25, 0.3) is 0 Å². The number of hydrogen-bond acceptors (Lipinski definition) is 3. The first-order valence-corrected chi connectivity index (χ1v) is 4.60. The highest BCUT2D eigenvalue weighted by molar-refractivity contribution is 5.59. The average molecular weight is 204 g/mol. The van der Waals surface area contributed by atoms with Crippen LogP contribution >= 0.6 is 0 Å². The first-order chi connectivity index (χ1) is 7.33. The van der Waals surface area contributed by atoms with Crippen LogP contribution in [0.2, 0.25) is 0 Å². The molecular weight excluding hydrogens is 192 g/mol. The molecule has 0 atom stereocenters. The normalized spacial score (nSPS) is 10.3. The highest BCUT2D eigenvalue weighted by Gasteiger charge is 2.01. The maximum atomic E-state index is 8.88. The van der Waals surface area contributed by atoms with E-state index in [1.165, 1.54) is 0 Å². The monoisotopic (exact) mass is 204 g/mol. The summed E-state index contributed by atoms with van der Waals surface area (Å²) in [5.41, 5.74) is 1.84. The molecule has 2 rings (SSSR count). The number of aliphatic hydroxyl groups excluding tert-OH is 1. The van der Waals surface area contributed by atoms with Crippen molar-refractivity contribution in [3.8, 4) is 17.0 Å². The lowest BCUT2D eigenvalue weighted by atomic mass is 10.2. The number of aliphatic hydroxyl groups is 1. The Morgan fingerprint density at radius 3 is 2.60 bits per heavy atom. The number of methoxy groups -OCH3 is 1. The molecule has 1 heterocycles. The van der Waals surface area contributed by atoms with E-state index in [0.29, 0.717) is 0 Å². The number of benzene rings is 1. The van der Waals surface area contributed by atoms with Crippen LogP contribution in [-0.2, 0) is 6.73 Å². The molecule has 0 amide bonds. The van der Waals surface area contributed by atoms with Gasteiger partial charge in [0.2, 0.25) is 0 Å². The van der Waals surface area contributed by atoms with Crippen molar-refractivity contribution in [2.24, 2.45) is 0 Å². The summed E-state index contributed by atoms with van der Waals surface area (Å²) in [6.45, 7) is -0.0524. The van der Waals surface area contributed by atoms with Crippen molar-refractivity contribution < 1.29 is 9.84 Å². The SMILES string of the molecule is COc1ccc(-c2cn(CO)cn2)cc1. The van der Waals surface area contributed by atoms with E-state index in [0.717, 1.165) is 17.0 Å². The van der Waals surface area contributed by atoms with E-state index in [-0.39, 0.29) is 6.73 Å². The largest absolute Gasteiger partial charge is 0.497 e.